The molecule has 0 amide bonds. The summed E-state index contributed by atoms with van der Waals surface area (Å²) in [6, 6.07) is 29.8. The molecule has 0 aliphatic rings. The van der Waals surface area contributed by atoms with E-state index in [-0.39, 0.29) is 0 Å². The van der Waals surface area contributed by atoms with Crippen LogP contribution < -0.4 is 4.74 Å². The standard InChI is InChI=1S/C49H56N4O/c1-31(2)21-36-26-37(22-32(3)4)49(45(24-34(7)8)44(36)23-33(5)6)38-29-51-52(30-38)39-13-12-14-40(27-39)54-41-17-18-43-42-15-10-11-16-46(42)53(47(43)28-41)48-25-35(9)19-20-50-48/h10-20,25-34H,21-24H2,1-9H3. The van der Waals surface area contributed by atoms with Crippen LogP contribution in [0.5, 0.6) is 11.5 Å². The lowest BCUT2D eigenvalue weighted by Crippen LogP contribution is -2.13. The van der Waals surface area contributed by atoms with Gasteiger partial charge in [0, 0.05) is 40.9 Å². The smallest absolute Gasteiger partial charge is 0.137 e. The van der Waals surface area contributed by atoms with Gasteiger partial charge in [0.25, 0.3) is 0 Å². The highest BCUT2D eigenvalue weighted by atomic mass is 16.5. The third-order valence-corrected chi connectivity index (χ3v) is 10.2. The molecule has 7 aromatic rings. The van der Waals surface area contributed by atoms with Gasteiger partial charge in [-0.1, -0.05) is 85.7 Å². The van der Waals surface area contributed by atoms with Gasteiger partial charge in [0.15, 0.2) is 0 Å². The third kappa shape index (κ3) is 7.87. The lowest BCUT2D eigenvalue weighted by Gasteiger charge is -2.26. The molecular formula is C49H56N4O. The van der Waals surface area contributed by atoms with Crippen LogP contribution >= 0.6 is 0 Å². The summed E-state index contributed by atoms with van der Waals surface area (Å²) in [5.74, 6) is 4.72. The number of fused-ring (bicyclic) bond motifs is 3. The van der Waals surface area contributed by atoms with E-state index in [0.29, 0.717) is 23.7 Å². The van der Waals surface area contributed by atoms with Crippen molar-refractivity contribution in [1.29, 1.82) is 0 Å². The number of hydrogen-bond acceptors (Lipinski definition) is 3. The first-order valence-electron chi connectivity index (χ1n) is 19.9. The maximum atomic E-state index is 6.60. The lowest BCUT2D eigenvalue weighted by atomic mass is 9.79. The fraction of sp³-hybridized carbons (Fsp3) is 0.347. The van der Waals surface area contributed by atoms with Crippen LogP contribution in [0.25, 0.3) is 44.4 Å². The Morgan fingerprint density at radius 2 is 1.30 bits per heavy atom. The predicted octanol–water partition coefficient (Wildman–Crippen LogP) is 12.9. The molecule has 3 aromatic heterocycles. The Kier molecular flexibility index (Phi) is 10.8. The second-order valence-electron chi connectivity index (χ2n) is 16.9. The fourth-order valence-corrected chi connectivity index (χ4v) is 8.11. The maximum absolute atomic E-state index is 6.60. The largest absolute Gasteiger partial charge is 0.457 e. The molecule has 0 aliphatic carbocycles. The van der Waals surface area contributed by atoms with Gasteiger partial charge in [-0.15, -0.1) is 0 Å². The molecule has 3 heterocycles. The van der Waals surface area contributed by atoms with Crippen molar-refractivity contribution in [1.82, 2.24) is 19.3 Å². The van der Waals surface area contributed by atoms with E-state index < -0.39 is 0 Å². The van der Waals surface area contributed by atoms with Gasteiger partial charge >= 0.3 is 0 Å². The van der Waals surface area contributed by atoms with Crippen LogP contribution in [-0.4, -0.2) is 19.3 Å². The fourth-order valence-electron chi connectivity index (χ4n) is 8.11. The van der Waals surface area contributed by atoms with Gasteiger partial charge in [0.05, 0.1) is 22.9 Å². The van der Waals surface area contributed by atoms with E-state index in [1.807, 2.05) is 29.1 Å². The van der Waals surface area contributed by atoms with Crippen molar-refractivity contribution >= 4 is 21.8 Å². The Morgan fingerprint density at radius 1 is 0.611 bits per heavy atom. The SMILES string of the molecule is Cc1ccnc(-n2c3ccccc3c3ccc(Oc4cccc(-n5cc(-c6c(CC(C)C)cc(CC(C)C)c(CC(C)C)c6CC(C)C)cn5)c4)cc32)c1. The quantitative estimate of drug-likeness (QED) is 0.119. The summed E-state index contributed by atoms with van der Waals surface area (Å²) in [5, 5.41) is 7.34. The van der Waals surface area contributed by atoms with Crippen LogP contribution in [0.4, 0.5) is 0 Å². The van der Waals surface area contributed by atoms with Crippen LogP contribution in [0.15, 0.2) is 104 Å². The lowest BCUT2D eigenvalue weighted by molar-refractivity contribution is 0.483. The summed E-state index contributed by atoms with van der Waals surface area (Å²) in [6.45, 7) is 20.9. The first-order chi connectivity index (χ1) is 25.9. The van der Waals surface area contributed by atoms with E-state index in [2.05, 4.69) is 146 Å². The molecule has 0 bridgehead atoms. The topological polar surface area (TPSA) is 44.9 Å². The highest BCUT2D eigenvalue weighted by Gasteiger charge is 2.23. The van der Waals surface area contributed by atoms with E-state index >= 15 is 0 Å². The maximum Gasteiger partial charge on any atom is 0.137 e. The summed E-state index contributed by atoms with van der Waals surface area (Å²) >= 11 is 0. The molecule has 0 N–H and O–H groups in total. The Morgan fingerprint density at radius 3 is 2.04 bits per heavy atom. The molecule has 7 rings (SSSR count). The summed E-state index contributed by atoms with van der Waals surface area (Å²) in [5.41, 5.74) is 13.0. The summed E-state index contributed by atoms with van der Waals surface area (Å²) in [7, 11) is 0. The minimum absolute atomic E-state index is 0.549. The molecule has 0 saturated carbocycles. The molecule has 0 radical (unpaired) electrons. The second-order valence-corrected chi connectivity index (χ2v) is 16.9. The Labute approximate surface area is 322 Å². The normalized spacial score (nSPS) is 12.0. The molecule has 0 fully saturated rings. The van der Waals surface area contributed by atoms with E-state index in [1.165, 1.54) is 38.6 Å². The highest BCUT2D eigenvalue weighted by molar-refractivity contribution is 6.09. The van der Waals surface area contributed by atoms with Gasteiger partial charge in [0.2, 0.25) is 0 Å². The van der Waals surface area contributed by atoms with Crippen LogP contribution in [0.2, 0.25) is 0 Å². The molecule has 0 aliphatic heterocycles. The molecular weight excluding hydrogens is 661 g/mol. The Bertz CT molecular complexity index is 2410. The van der Waals surface area contributed by atoms with Crippen molar-refractivity contribution in [2.75, 3.05) is 0 Å². The van der Waals surface area contributed by atoms with Gasteiger partial charge in [-0.25, -0.2) is 9.67 Å². The first-order valence-corrected chi connectivity index (χ1v) is 19.9. The third-order valence-electron chi connectivity index (χ3n) is 10.2. The molecule has 54 heavy (non-hydrogen) atoms. The van der Waals surface area contributed by atoms with E-state index in [0.717, 1.165) is 59.7 Å². The zero-order valence-electron chi connectivity index (χ0n) is 33.6. The van der Waals surface area contributed by atoms with Crippen molar-refractivity contribution in [3.63, 3.8) is 0 Å². The van der Waals surface area contributed by atoms with E-state index in [1.54, 1.807) is 11.1 Å². The van der Waals surface area contributed by atoms with Crippen LogP contribution in [0.1, 0.15) is 83.2 Å². The van der Waals surface area contributed by atoms with Crippen molar-refractivity contribution in [3.8, 4) is 34.1 Å². The van der Waals surface area contributed by atoms with Gasteiger partial charge in [-0.05, 0) is 132 Å². The second kappa shape index (κ2) is 15.7. The Balaban J connectivity index is 1.27. The summed E-state index contributed by atoms with van der Waals surface area (Å²) in [6.07, 6.45) is 10.5. The van der Waals surface area contributed by atoms with E-state index in [9.17, 15) is 0 Å². The number of nitrogens with zero attached hydrogens (tertiary/aromatic N) is 4. The molecule has 5 nitrogen and oxygen atoms in total. The number of benzene rings is 4. The average Bonchev–Trinajstić information content (AvgIpc) is 3.72. The number of para-hydroxylation sites is 1. The number of hydrogen-bond donors (Lipinski definition) is 0. The summed E-state index contributed by atoms with van der Waals surface area (Å²) in [4.78, 5) is 4.75. The van der Waals surface area contributed by atoms with Crippen molar-refractivity contribution < 1.29 is 4.74 Å². The summed E-state index contributed by atoms with van der Waals surface area (Å²) < 4.78 is 10.8. The first kappa shape index (κ1) is 37.2. The Hall–Kier alpha value is -5.16. The van der Waals surface area contributed by atoms with Gasteiger partial charge in [-0.2, -0.15) is 5.10 Å². The number of aromatic nitrogens is 4. The average molecular weight is 717 g/mol. The number of rotatable bonds is 13. The highest BCUT2D eigenvalue weighted by Crippen LogP contribution is 2.39. The van der Waals surface area contributed by atoms with Gasteiger partial charge in [0.1, 0.15) is 17.3 Å². The minimum Gasteiger partial charge on any atom is -0.457 e. The molecule has 0 atom stereocenters. The van der Waals surface area contributed by atoms with Crippen LogP contribution in [-0.2, 0) is 25.7 Å². The van der Waals surface area contributed by atoms with Crippen LogP contribution in [0, 0.1) is 30.6 Å². The van der Waals surface area contributed by atoms with Gasteiger partial charge in [-0.3, -0.25) is 4.57 Å². The molecule has 4 aromatic carbocycles. The molecule has 0 saturated heterocycles. The number of aryl methyl sites for hydroxylation is 1. The molecule has 5 heteroatoms. The number of pyridine rings is 1. The molecule has 0 spiro atoms. The number of ether oxygens (including phenoxy) is 1. The zero-order chi connectivity index (χ0) is 38.1. The van der Waals surface area contributed by atoms with Crippen molar-refractivity contribution in [3.05, 3.63) is 131 Å². The van der Waals surface area contributed by atoms with E-state index in [4.69, 9.17) is 14.8 Å². The minimum atomic E-state index is 0.549. The van der Waals surface area contributed by atoms with Crippen LogP contribution in [0.3, 0.4) is 0 Å². The predicted molar refractivity (Wildman–Crippen MR) is 227 cm³/mol. The van der Waals surface area contributed by atoms with Crippen molar-refractivity contribution in [2.24, 2.45) is 23.7 Å². The molecule has 0 unspecified atom stereocenters. The van der Waals surface area contributed by atoms with Crippen molar-refractivity contribution in [2.45, 2.75) is 88.0 Å². The monoisotopic (exact) mass is 716 g/mol. The zero-order valence-corrected chi connectivity index (χ0v) is 33.6. The van der Waals surface area contributed by atoms with Gasteiger partial charge < -0.3 is 4.74 Å². The molecule has 278 valence electrons.